The van der Waals surface area contributed by atoms with Crippen LogP contribution in [0, 0.1) is 0 Å². The fourth-order valence-corrected chi connectivity index (χ4v) is 3.58. The molecular weight excluding hydrogens is 408 g/mol. The Morgan fingerprint density at radius 3 is 2.77 bits per heavy atom. The number of aliphatic hydroxyl groups excluding tert-OH is 2. The van der Waals surface area contributed by atoms with Crippen LogP contribution in [-0.4, -0.2) is 68.4 Å². The maximum Gasteiger partial charge on any atom is 0.412 e. The van der Waals surface area contributed by atoms with Crippen LogP contribution in [0.2, 0.25) is 0 Å². The van der Waals surface area contributed by atoms with Crippen molar-refractivity contribution in [1.29, 1.82) is 0 Å². The van der Waals surface area contributed by atoms with Gasteiger partial charge in [0, 0.05) is 6.92 Å². The van der Waals surface area contributed by atoms with Crippen LogP contribution in [0.3, 0.4) is 0 Å². The fourth-order valence-electron chi connectivity index (χ4n) is 3.58. The maximum absolute atomic E-state index is 12.1. The van der Waals surface area contributed by atoms with Crippen molar-refractivity contribution in [2.24, 2.45) is 0 Å². The van der Waals surface area contributed by atoms with Crippen LogP contribution in [0.15, 0.2) is 18.5 Å². The molecule has 0 spiro atoms. The number of carbonyl (C=O) groups excluding carboxylic acids is 2. The molecule has 1 amide bonds. The number of aromatic nitrogens is 3. The van der Waals surface area contributed by atoms with Crippen LogP contribution in [0.5, 0.6) is 0 Å². The van der Waals surface area contributed by atoms with Crippen LogP contribution in [-0.2, 0) is 24.6 Å². The molecule has 2 aromatic rings. The van der Waals surface area contributed by atoms with Crippen LogP contribution in [0.25, 0.3) is 5.52 Å². The second-order valence-electron chi connectivity index (χ2n) is 7.59. The molecule has 1 aliphatic rings. The lowest BCUT2D eigenvalue weighted by Crippen LogP contribution is -2.39. The van der Waals surface area contributed by atoms with Gasteiger partial charge in [-0.1, -0.05) is 19.8 Å². The molecule has 11 heteroatoms. The van der Waals surface area contributed by atoms with E-state index in [2.05, 4.69) is 22.3 Å². The number of rotatable bonds is 8. The van der Waals surface area contributed by atoms with Gasteiger partial charge in [0.2, 0.25) is 0 Å². The zero-order chi connectivity index (χ0) is 22.6. The summed E-state index contributed by atoms with van der Waals surface area (Å²) in [5.41, 5.74) is -0.456. The molecule has 0 unspecified atom stereocenters. The van der Waals surface area contributed by atoms with Gasteiger partial charge in [0.15, 0.2) is 5.82 Å². The van der Waals surface area contributed by atoms with Crippen LogP contribution in [0.1, 0.15) is 45.7 Å². The average molecular weight is 436 g/mol. The predicted molar refractivity (Wildman–Crippen MR) is 108 cm³/mol. The molecule has 3 rings (SSSR count). The van der Waals surface area contributed by atoms with Crippen molar-refractivity contribution < 1.29 is 34.0 Å². The van der Waals surface area contributed by atoms with Crippen molar-refractivity contribution in [1.82, 2.24) is 14.6 Å². The molecule has 1 saturated heterocycles. The van der Waals surface area contributed by atoms with Gasteiger partial charge in [0.25, 0.3) is 0 Å². The molecule has 0 saturated carbocycles. The SMILES string of the molecule is CCCCCOC(=O)Nc1ncnn2c([C@]3(C)O[C@H](COC(C)=O)[C@@H](O)[C@H]3O)ccc12. The Morgan fingerprint density at radius 2 is 2.06 bits per heavy atom. The third-order valence-electron chi connectivity index (χ3n) is 5.28. The van der Waals surface area contributed by atoms with Crippen molar-refractivity contribution in [2.45, 2.75) is 63.9 Å². The minimum atomic E-state index is -1.34. The Kier molecular flexibility index (Phi) is 7.08. The molecule has 4 atom stereocenters. The highest BCUT2D eigenvalue weighted by molar-refractivity contribution is 5.88. The Bertz CT molecular complexity index is 933. The van der Waals surface area contributed by atoms with Crippen molar-refractivity contribution >= 4 is 23.4 Å². The van der Waals surface area contributed by atoms with Crippen LogP contribution < -0.4 is 5.32 Å². The van der Waals surface area contributed by atoms with Gasteiger partial charge < -0.3 is 24.4 Å². The maximum atomic E-state index is 12.1. The van der Waals surface area contributed by atoms with Gasteiger partial charge in [0.05, 0.1) is 12.3 Å². The first-order valence-corrected chi connectivity index (χ1v) is 10.2. The van der Waals surface area contributed by atoms with E-state index in [1.165, 1.54) is 17.8 Å². The monoisotopic (exact) mass is 436 g/mol. The first kappa shape index (κ1) is 22.9. The zero-order valence-corrected chi connectivity index (χ0v) is 17.8. The largest absolute Gasteiger partial charge is 0.463 e. The van der Waals surface area contributed by atoms with Crippen LogP contribution in [0.4, 0.5) is 10.6 Å². The van der Waals surface area contributed by atoms with Crippen molar-refractivity contribution in [3.8, 4) is 0 Å². The number of anilines is 1. The smallest absolute Gasteiger partial charge is 0.412 e. The van der Waals surface area contributed by atoms with Gasteiger partial charge in [-0.2, -0.15) is 5.10 Å². The molecule has 31 heavy (non-hydrogen) atoms. The summed E-state index contributed by atoms with van der Waals surface area (Å²) in [7, 11) is 0. The molecule has 0 bridgehead atoms. The van der Waals surface area contributed by atoms with Crippen LogP contribution >= 0.6 is 0 Å². The summed E-state index contributed by atoms with van der Waals surface area (Å²) in [5, 5.41) is 27.9. The van der Waals surface area contributed by atoms with E-state index >= 15 is 0 Å². The second-order valence-corrected chi connectivity index (χ2v) is 7.59. The van der Waals surface area contributed by atoms with Gasteiger partial charge in [-0.3, -0.25) is 10.1 Å². The van der Waals surface area contributed by atoms with Crippen molar-refractivity contribution in [3.63, 3.8) is 0 Å². The normalized spacial score (nSPS) is 25.5. The number of esters is 1. The minimum Gasteiger partial charge on any atom is -0.463 e. The predicted octanol–water partition coefficient (Wildman–Crippen LogP) is 1.37. The van der Waals surface area contributed by atoms with E-state index in [0.29, 0.717) is 17.8 Å². The quantitative estimate of drug-likeness (QED) is 0.413. The highest BCUT2D eigenvalue weighted by Gasteiger charge is 2.53. The topological polar surface area (TPSA) is 145 Å². The third-order valence-corrected chi connectivity index (χ3v) is 5.28. The van der Waals surface area contributed by atoms with Crippen molar-refractivity contribution in [2.75, 3.05) is 18.5 Å². The van der Waals surface area contributed by atoms with Gasteiger partial charge in [0.1, 0.15) is 42.4 Å². The number of hydrogen-bond acceptors (Lipinski definition) is 9. The molecule has 1 fully saturated rings. The number of nitrogens with one attached hydrogen (secondary N) is 1. The summed E-state index contributed by atoms with van der Waals surface area (Å²) in [4.78, 5) is 27.3. The molecule has 2 aromatic heterocycles. The molecule has 170 valence electrons. The van der Waals surface area contributed by atoms with Gasteiger partial charge in [-0.25, -0.2) is 14.3 Å². The number of nitrogens with zero attached hydrogens (tertiary/aromatic N) is 3. The summed E-state index contributed by atoms with van der Waals surface area (Å²) < 4.78 is 17.4. The number of unbranched alkanes of at least 4 members (excludes halogenated alkanes) is 2. The Labute approximate surface area is 179 Å². The highest BCUT2D eigenvalue weighted by atomic mass is 16.6. The van der Waals surface area contributed by atoms with Gasteiger partial charge >= 0.3 is 12.1 Å². The first-order chi connectivity index (χ1) is 14.8. The lowest BCUT2D eigenvalue weighted by molar-refractivity contribution is -0.149. The summed E-state index contributed by atoms with van der Waals surface area (Å²) in [6.07, 6.45) is -0.0878. The van der Waals surface area contributed by atoms with E-state index in [1.54, 1.807) is 19.1 Å². The van der Waals surface area contributed by atoms with Gasteiger partial charge in [-0.15, -0.1) is 0 Å². The molecule has 3 N–H and O–H groups in total. The average Bonchev–Trinajstić information content (AvgIpc) is 3.27. The van der Waals surface area contributed by atoms with E-state index in [9.17, 15) is 19.8 Å². The van der Waals surface area contributed by atoms with E-state index in [0.717, 1.165) is 19.3 Å². The Morgan fingerprint density at radius 1 is 1.29 bits per heavy atom. The molecule has 0 aliphatic carbocycles. The number of fused-ring (bicyclic) bond motifs is 1. The molecular formula is C20H28N4O7. The van der Waals surface area contributed by atoms with E-state index in [1.807, 2.05) is 0 Å². The summed E-state index contributed by atoms with van der Waals surface area (Å²) in [5.74, 6) is -0.285. The standard InChI is InChI=1S/C20H28N4O7/c1-4-5-6-9-29-19(28)23-18-13-7-8-15(24(13)22-11-21-18)20(3)17(27)16(26)14(31-20)10-30-12(2)25/h7-8,11,14,16-17,26-27H,4-6,9-10H2,1-3H3,(H,21,22,23,28)/t14-,16-,17-,20+/m1/s1. The Hall–Kier alpha value is -2.76. The Balaban J connectivity index is 1.80. The number of aliphatic hydroxyl groups is 2. The number of carbonyl (C=O) groups is 2. The summed E-state index contributed by atoms with van der Waals surface area (Å²) in [6, 6.07) is 3.32. The highest BCUT2D eigenvalue weighted by Crippen LogP contribution is 2.40. The summed E-state index contributed by atoms with van der Waals surface area (Å²) >= 11 is 0. The number of amides is 1. The fraction of sp³-hybridized carbons (Fsp3) is 0.600. The number of hydrogen-bond donors (Lipinski definition) is 3. The van der Waals surface area contributed by atoms with E-state index in [4.69, 9.17) is 14.2 Å². The summed E-state index contributed by atoms with van der Waals surface area (Å²) in [6.45, 7) is 5.03. The molecule has 11 nitrogen and oxygen atoms in total. The lowest BCUT2D eigenvalue weighted by Gasteiger charge is -2.27. The number of ether oxygens (including phenoxy) is 3. The molecule has 3 heterocycles. The third kappa shape index (κ3) is 4.78. The van der Waals surface area contributed by atoms with E-state index < -0.39 is 36.0 Å². The first-order valence-electron chi connectivity index (χ1n) is 10.2. The van der Waals surface area contributed by atoms with Gasteiger partial charge in [-0.05, 0) is 25.5 Å². The minimum absolute atomic E-state index is 0.196. The molecule has 1 aliphatic heterocycles. The van der Waals surface area contributed by atoms with Crippen molar-refractivity contribution in [3.05, 3.63) is 24.2 Å². The zero-order valence-electron chi connectivity index (χ0n) is 17.8. The van der Waals surface area contributed by atoms with E-state index in [-0.39, 0.29) is 12.4 Å². The molecule has 0 aromatic carbocycles. The lowest BCUT2D eigenvalue weighted by atomic mass is 9.93. The second kappa shape index (κ2) is 9.58. The molecule has 0 radical (unpaired) electrons.